The molecule has 0 radical (unpaired) electrons. The molecule has 0 bridgehead atoms. The standard InChI is InChI=1S/C14H17FN4O2/c1-14(2,3)21-7-13(20)18-10-4-5-12(11(15)6-10)19-9-16-8-17-19/h4-6,8-9H,7H2,1-3H3,(H,18,20). The summed E-state index contributed by atoms with van der Waals surface area (Å²) in [6.45, 7) is 5.47. The Morgan fingerprint density at radius 3 is 2.76 bits per heavy atom. The van der Waals surface area contributed by atoms with Crippen LogP contribution < -0.4 is 5.32 Å². The van der Waals surface area contributed by atoms with Gasteiger partial charge in [-0.05, 0) is 39.0 Å². The van der Waals surface area contributed by atoms with Crippen LogP contribution in [0.1, 0.15) is 20.8 Å². The summed E-state index contributed by atoms with van der Waals surface area (Å²) in [5.41, 5.74) is 0.217. The van der Waals surface area contributed by atoms with E-state index in [1.807, 2.05) is 20.8 Å². The molecule has 1 heterocycles. The average molecular weight is 292 g/mol. The fraction of sp³-hybridized carbons (Fsp3) is 0.357. The first-order chi connectivity index (χ1) is 9.85. The van der Waals surface area contributed by atoms with E-state index < -0.39 is 11.4 Å². The van der Waals surface area contributed by atoms with Crippen molar-refractivity contribution in [3.8, 4) is 5.69 Å². The molecule has 0 aliphatic rings. The summed E-state index contributed by atoms with van der Waals surface area (Å²) < 4.78 is 20.6. The number of nitrogens with one attached hydrogen (secondary N) is 1. The Balaban J connectivity index is 2.02. The van der Waals surface area contributed by atoms with Crippen molar-refractivity contribution >= 4 is 11.6 Å². The van der Waals surface area contributed by atoms with Gasteiger partial charge in [0.05, 0.1) is 5.60 Å². The van der Waals surface area contributed by atoms with Gasteiger partial charge in [0, 0.05) is 5.69 Å². The maximum Gasteiger partial charge on any atom is 0.250 e. The Bertz CT molecular complexity index is 620. The van der Waals surface area contributed by atoms with Crippen LogP contribution in [0, 0.1) is 5.82 Å². The van der Waals surface area contributed by atoms with Gasteiger partial charge in [0.15, 0.2) is 5.82 Å². The van der Waals surface area contributed by atoms with Crippen molar-refractivity contribution in [3.63, 3.8) is 0 Å². The summed E-state index contributed by atoms with van der Waals surface area (Å²) >= 11 is 0. The molecule has 1 amide bonds. The molecule has 2 aromatic rings. The van der Waals surface area contributed by atoms with Crippen molar-refractivity contribution in [2.24, 2.45) is 0 Å². The molecule has 2 rings (SSSR count). The molecule has 0 spiro atoms. The molecular weight excluding hydrogens is 275 g/mol. The Kier molecular flexibility index (Phi) is 4.32. The summed E-state index contributed by atoms with van der Waals surface area (Å²) in [4.78, 5) is 15.5. The third-order valence-corrected chi connectivity index (χ3v) is 2.53. The number of anilines is 1. The topological polar surface area (TPSA) is 69.0 Å². The van der Waals surface area contributed by atoms with Crippen molar-refractivity contribution < 1.29 is 13.9 Å². The number of hydrogen-bond acceptors (Lipinski definition) is 4. The lowest BCUT2D eigenvalue weighted by Crippen LogP contribution is -2.27. The van der Waals surface area contributed by atoms with Crippen LogP contribution in [0.4, 0.5) is 10.1 Å². The summed E-state index contributed by atoms with van der Waals surface area (Å²) in [7, 11) is 0. The number of hydrogen-bond donors (Lipinski definition) is 1. The third-order valence-electron chi connectivity index (χ3n) is 2.53. The molecular formula is C14H17FN4O2. The van der Waals surface area contributed by atoms with E-state index in [0.29, 0.717) is 5.69 Å². The smallest absolute Gasteiger partial charge is 0.250 e. The van der Waals surface area contributed by atoms with Crippen molar-refractivity contribution in [2.45, 2.75) is 26.4 Å². The van der Waals surface area contributed by atoms with Gasteiger partial charge >= 0.3 is 0 Å². The zero-order chi connectivity index (χ0) is 15.5. The zero-order valence-electron chi connectivity index (χ0n) is 12.1. The fourth-order valence-electron chi connectivity index (χ4n) is 1.58. The summed E-state index contributed by atoms with van der Waals surface area (Å²) in [5, 5.41) is 6.43. The second-order valence-electron chi connectivity index (χ2n) is 5.46. The third kappa shape index (κ3) is 4.35. The highest BCUT2D eigenvalue weighted by molar-refractivity contribution is 5.91. The summed E-state index contributed by atoms with van der Waals surface area (Å²) in [5.74, 6) is -0.840. The number of amides is 1. The molecule has 0 aliphatic carbocycles. The van der Waals surface area contributed by atoms with E-state index in [4.69, 9.17) is 4.74 Å². The highest BCUT2D eigenvalue weighted by Gasteiger charge is 2.13. The van der Waals surface area contributed by atoms with Crippen LogP contribution >= 0.6 is 0 Å². The minimum Gasteiger partial charge on any atom is -0.366 e. The van der Waals surface area contributed by atoms with Crippen molar-refractivity contribution in [2.75, 3.05) is 11.9 Å². The average Bonchev–Trinajstić information content (AvgIpc) is 2.89. The minimum atomic E-state index is -0.505. The Hall–Kier alpha value is -2.28. The zero-order valence-corrected chi connectivity index (χ0v) is 12.1. The number of rotatable bonds is 4. The minimum absolute atomic E-state index is 0.0874. The monoisotopic (exact) mass is 292 g/mol. The van der Waals surface area contributed by atoms with Gasteiger partial charge in [0.2, 0.25) is 5.91 Å². The molecule has 0 fully saturated rings. The Morgan fingerprint density at radius 1 is 1.43 bits per heavy atom. The predicted octanol–water partition coefficient (Wildman–Crippen LogP) is 2.16. The molecule has 7 heteroatoms. The van der Waals surface area contributed by atoms with E-state index in [2.05, 4.69) is 15.4 Å². The van der Waals surface area contributed by atoms with Gasteiger partial charge in [-0.2, -0.15) is 5.10 Å². The first-order valence-electron chi connectivity index (χ1n) is 6.43. The van der Waals surface area contributed by atoms with Crippen LogP contribution in [-0.4, -0.2) is 32.9 Å². The molecule has 21 heavy (non-hydrogen) atoms. The number of carbonyl (C=O) groups is 1. The number of carbonyl (C=O) groups excluding carboxylic acids is 1. The highest BCUT2D eigenvalue weighted by Crippen LogP contribution is 2.17. The Labute approximate surface area is 121 Å². The molecule has 112 valence electrons. The summed E-state index contributed by atoms with van der Waals surface area (Å²) in [6, 6.07) is 4.34. The van der Waals surface area contributed by atoms with E-state index >= 15 is 0 Å². The molecule has 1 aromatic carbocycles. The lowest BCUT2D eigenvalue weighted by atomic mass is 10.2. The highest BCUT2D eigenvalue weighted by atomic mass is 19.1. The van der Waals surface area contributed by atoms with Gasteiger partial charge in [0.1, 0.15) is 24.9 Å². The Morgan fingerprint density at radius 2 is 2.19 bits per heavy atom. The maximum absolute atomic E-state index is 14.0. The van der Waals surface area contributed by atoms with Gasteiger partial charge < -0.3 is 10.1 Å². The molecule has 1 aromatic heterocycles. The first-order valence-corrected chi connectivity index (χ1v) is 6.43. The van der Waals surface area contributed by atoms with Gasteiger partial charge in [-0.25, -0.2) is 14.1 Å². The van der Waals surface area contributed by atoms with Crippen LogP contribution in [0.25, 0.3) is 5.69 Å². The van der Waals surface area contributed by atoms with Crippen LogP contribution in [0.5, 0.6) is 0 Å². The van der Waals surface area contributed by atoms with Gasteiger partial charge in [-0.1, -0.05) is 0 Å². The molecule has 0 aliphatic heterocycles. The van der Waals surface area contributed by atoms with Gasteiger partial charge in [0.25, 0.3) is 0 Å². The van der Waals surface area contributed by atoms with E-state index in [-0.39, 0.29) is 18.2 Å². The first kappa shape index (κ1) is 15.1. The number of benzene rings is 1. The quantitative estimate of drug-likeness (QED) is 0.937. The lowest BCUT2D eigenvalue weighted by molar-refractivity contribution is -0.125. The molecule has 0 unspecified atom stereocenters. The summed E-state index contributed by atoms with van der Waals surface area (Å²) in [6.07, 6.45) is 2.72. The largest absolute Gasteiger partial charge is 0.366 e. The fourth-order valence-corrected chi connectivity index (χ4v) is 1.58. The van der Waals surface area contributed by atoms with Crippen LogP contribution in [-0.2, 0) is 9.53 Å². The molecule has 1 N–H and O–H groups in total. The molecule has 0 saturated heterocycles. The van der Waals surface area contributed by atoms with Crippen LogP contribution in [0.2, 0.25) is 0 Å². The molecule has 0 atom stereocenters. The van der Waals surface area contributed by atoms with Crippen molar-refractivity contribution in [1.82, 2.24) is 14.8 Å². The maximum atomic E-state index is 14.0. The molecule has 0 saturated carbocycles. The predicted molar refractivity (Wildman–Crippen MR) is 75.7 cm³/mol. The van der Waals surface area contributed by atoms with E-state index in [1.165, 1.54) is 29.5 Å². The molecule has 6 nitrogen and oxygen atoms in total. The van der Waals surface area contributed by atoms with Crippen LogP contribution in [0.3, 0.4) is 0 Å². The van der Waals surface area contributed by atoms with E-state index in [9.17, 15) is 9.18 Å². The van der Waals surface area contributed by atoms with E-state index in [1.54, 1.807) is 6.07 Å². The normalized spacial score (nSPS) is 11.4. The lowest BCUT2D eigenvalue weighted by Gasteiger charge is -2.19. The number of aromatic nitrogens is 3. The second kappa shape index (κ2) is 6.01. The van der Waals surface area contributed by atoms with Crippen LogP contribution in [0.15, 0.2) is 30.9 Å². The number of nitrogens with zero attached hydrogens (tertiary/aromatic N) is 3. The second-order valence-corrected chi connectivity index (χ2v) is 5.46. The van der Waals surface area contributed by atoms with Crippen molar-refractivity contribution in [3.05, 3.63) is 36.7 Å². The van der Waals surface area contributed by atoms with Crippen molar-refractivity contribution in [1.29, 1.82) is 0 Å². The van der Waals surface area contributed by atoms with E-state index in [0.717, 1.165) is 0 Å². The van der Waals surface area contributed by atoms with Gasteiger partial charge in [-0.3, -0.25) is 4.79 Å². The number of halogens is 1. The van der Waals surface area contributed by atoms with Gasteiger partial charge in [-0.15, -0.1) is 0 Å². The SMILES string of the molecule is CC(C)(C)OCC(=O)Nc1ccc(-n2cncn2)c(F)c1. The number of ether oxygens (including phenoxy) is 1.